The van der Waals surface area contributed by atoms with E-state index in [1.807, 2.05) is 4.72 Å². The molecule has 0 aliphatic heterocycles. The Bertz CT molecular complexity index is 847. The second kappa shape index (κ2) is 7.27. The Balaban J connectivity index is 2.30. The number of benzene rings is 2. The van der Waals surface area contributed by atoms with E-state index in [1.165, 1.54) is 24.3 Å². The summed E-state index contributed by atoms with van der Waals surface area (Å²) in [6.45, 7) is 1.84. The Morgan fingerprint density at radius 1 is 1.21 bits per heavy atom. The fraction of sp³-hybridized carbons (Fsp3) is 0.133. The number of sulfonamides is 1. The van der Waals surface area contributed by atoms with E-state index in [9.17, 15) is 22.0 Å². The Morgan fingerprint density at radius 3 is 2.38 bits per heavy atom. The maximum atomic E-state index is 13.8. The largest absolute Gasteiger partial charge is 0.462 e. The molecule has 0 unspecified atom stereocenters. The molecule has 0 aliphatic rings. The molecule has 9 heteroatoms. The summed E-state index contributed by atoms with van der Waals surface area (Å²) in [5.41, 5.74) is -0.226. The first kappa shape index (κ1) is 18.3. The number of carbonyl (C=O) groups excluding carboxylic acids is 1. The summed E-state index contributed by atoms with van der Waals surface area (Å²) in [7, 11) is -4.12. The summed E-state index contributed by atoms with van der Waals surface area (Å²) >= 11 is 2.90. The molecule has 0 aromatic heterocycles. The van der Waals surface area contributed by atoms with Crippen LogP contribution in [-0.2, 0) is 14.8 Å². The first-order valence-electron chi connectivity index (χ1n) is 6.69. The molecule has 1 N–H and O–H groups in total. The molecule has 0 heterocycles. The van der Waals surface area contributed by atoms with Crippen molar-refractivity contribution in [1.82, 2.24) is 0 Å². The number of ether oxygens (including phenoxy) is 1. The average molecular weight is 420 g/mol. The minimum atomic E-state index is -4.12. The number of rotatable bonds is 5. The van der Waals surface area contributed by atoms with Gasteiger partial charge < -0.3 is 4.74 Å². The summed E-state index contributed by atoms with van der Waals surface area (Å²) in [6.07, 6.45) is 0. The van der Waals surface area contributed by atoms with Crippen molar-refractivity contribution in [3.05, 3.63) is 58.1 Å². The Hall–Kier alpha value is -2.00. The minimum Gasteiger partial charge on any atom is -0.462 e. The van der Waals surface area contributed by atoms with Crippen molar-refractivity contribution in [3.8, 4) is 0 Å². The van der Waals surface area contributed by atoms with Gasteiger partial charge in [0.15, 0.2) is 5.82 Å². The standard InChI is InChI=1S/C15H12BrF2NO4S/c1-2-23-15(20)9-3-5-11(6-4-9)24(21,22)19-14-12(16)7-10(17)8-13(14)18/h3-8,19H,2H2,1H3. The third-order valence-electron chi connectivity index (χ3n) is 2.92. The fourth-order valence-electron chi connectivity index (χ4n) is 1.82. The van der Waals surface area contributed by atoms with Crippen molar-refractivity contribution < 1.29 is 26.7 Å². The van der Waals surface area contributed by atoms with Crippen molar-refractivity contribution in [3.63, 3.8) is 0 Å². The predicted octanol–water partition coefficient (Wildman–Crippen LogP) is 3.70. The zero-order chi connectivity index (χ0) is 17.9. The molecule has 24 heavy (non-hydrogen) atoms. The zero-order valence-corrected chi connectivity index (χ0v) is 14.7. The Morgan fingerprint density at radius 2 is 1.83 bits per heavy atom. The van der Waals surface area contributed by atoms with Crippen LogP contribution in [0.25, 0.3) is 0 Å². The third kappa shape index (κ3) is 4.09. The van der Waals surface area contributed by atoms with E-state index in [4.69, 9.17) is 4.74 Å². The normalized spacial score (nSPS) is 11.2. The van der Waals surface area contributed by atoms with Crippen LogP contribution in [0.3, 0.4) is 0 Å². The van der Waals surface area contributed by atoms with Crippen molar-refractivity contribution in [2.45, 2.75) is 11.8 Å². The molecule has 2 aromatic rings. The molecule has 0 atom stereocenters. The number of carbonyl (C=O) groups is 1. The number of anilines is 1. The van der Waals surface area contributed by atoms with Gasteiger partial charge in [0.1, 0.15) is 5.82 Å². The van der Waals surface area contributed by atoms with Gasteiger partial charge in [0, 0.05) is 10.5 Å². The summed E-state index contributed by atoms with van der Waals surface area (Å²) in [5, 5.41) is 0. The van der Waals surface area contributed by atoms with Gasteiger partial charge in [0.2, 0.25) is 0 Å². The highest BCUT2D eigenvalue weighted by Gasteiger charge is 2.20. The van der Waals surface area contributed by atoms with Crippen molar-refractivity contribution in [2.24, 2.45) is 0 Å². The molecule has 2 rings (SSSR count). The molecule has 5 nitrogen and oxygen atoms in total. The van der Waals surface area contributed by atoms with Gasteiger partial charge in [-0.3, -0.25) is 4.72 Å². The van der Waals surface area contributed by atoms with Gasteiger partial charge in [-0.1, -0.05) is 0 Å². The van der Waals surface area contributed by atoms with Crippen LogP contribution in [0.15, 0.2) is 45.8 Å². The lowest BCUT2D eigenvalue weighted by molar-refractivity contribution is 0.0526. The van der Waals surface area contributed by atoms with Crippen LogP contribution in [0.4, 0.5) is 14.5 Å². The summed E-state index contributed by atoms with van der Waals surface area (Å²) in [6, 6.07) is 6.43. The first-order chi connectivity index (χ1) is 11.2. The van der Waals surface area contributed by atoms with Crippen LogP contribution in [0.5, 0.6) is 0 Å². The Labute approximate surface area is 145 Å². The van der Waals surface area contributed by atoms with Crippen LogP contribution in [-0.4, -0.2) is 21.0 Å². The molecule has 0 saturated carbocycles. The summed E-state index contributed by atoms with van der Waals surface area (Å²) < 4.78 is 58.1. The summed E-state index contributed by atoms with van der Waals surface area (Å²) in [4.78, 5) is 11.4. The molecular formula is C15H12BrF2NO4S. The van der Waals surface area contributed by atoms with Gasteiger partial charge in [-0.2, -0.15) is 0 Å². The van der Waals surface area contributed by atoms with E-state index in [1.54, 1.807) is 6.92 Å². The molecule has 0 fully saturated rings. The molecule has 0 amide bonds. The van der Waals surface area contributed by atoms with E-state index in [2.05, 4.69) is 15.9 Å². The van der Waals surface area contributed by atoms with E-state index >= 15 is 0 Å². The predicted molar refractivity (Wildman–Crippen MR) is 87.3 cm³/mol. The summed E-state index contributed by atoms with van der Waals surface area (Å²) in [5.74, 6) is -2.49. The maximum absolute atomic E-state index is 13.8. The number of hydrogen-bond donors (Lipinski definition) is 1. The molecule has 0 aliphatic carbocycles. The highest BCUT2D eigenvalue weighted by molar-refractivity contribution is 9.10. The van der Waals surface area contributed by atoms with E-state index in [0.29, 0.717) is 6.07 Å². The fourth-order valence-corrected chi connectivity index (χ4v) is 3.54. The molecular weight excluding hydrogens is 408 g/mol. The van der Waals surface area contributed by atoms with Crippen molar-refractivity contribution in [1.29, 1.82) is 0 Å². The number of halogens is 3. The van der Waals surface area contributed by atoms with Crippen LogP contribution in [0.1, 0.15) is 17.3 Å². The van der Waals surface area contributed by atoms with Crippen LogP contribution < -0.4 is 4.72 Å². The highest BCUT2D eigenvalue weighted by atomic mass is 79.9. The lowest BCUT2D eigenvalue weighted by atomic mass is 10.2. The quantitative estimate of drug-likeness (QED) is 0.749. The van der Waals surface area contributed by atoms with E-state index < -0.39 is 33.3 Å². The van der Waals surface area contributed by atoms with Crippen molar-refractivity contribution >= 4 is 37.6 Å². The minimum absolute atomic E-state index is 0.0771. The van der Waals surface area contributed by atoms with Crippen molar-refractivity contribution in [2.75, 3.05) is 11.3 Å². The Kier molecular flexibility index (Phi) is 5.55. The third-order valence-corrected chi connectivity index (χ3v) is 4.91. The smallest absolute Gasteiger partial charge is 0.338 e. The number of esters is 1. The molecule has 0 saturated heterocycles. The van der Waals surface area contributed by atoms with E-state index in [0.717, 1.165) is 6.07 Å². The van der Waals surface area contributed by atoms with Gasteiger partial charge >= 0.3 is 5.97 Å². The first-order valence-corrected chi connectivity index (χ1v) is 8.96. The molecule has 2 aromatic carbocycles. The second-order valence-corrected chi connectivity index (χ2v) is 7.13. The molecule has 128 valence electrons. The molecule has 0 spiro atoms. The van der Waals surface area contributed by atoms with Gasteiger partial charge in [-0.05, 0) is 53.2 Å². The van der Waals surface area contributed by atoms with Crippen LogP contribution in [0, 0.1) is 11.6 Å². The second-order valence-electron chi connectivity index (χ2n) is 4.59. The van der Waals surface area contributed by atoms with Gasteiger partial charge in [0.25, 0.3) is 10.0 Å². The SMILES string of the molecule is CCOC(=O)c1ccc(S(=O)(=O)Nc2c(F)cc(F)cc2Br)cc1. The van der Waals surface area contributed by atoms with Crippen LogP contribution in [0.2, 0.25) is 0 Å². The topological polar surface area (TPSA) is 72.5 Å². The monoisotopic (exact) mass is 419 g/mol. The highest BCUT2D eigenvalue weighted by Crippen LogP contribution is 2.29. The van der Waals surface area contributed by atoms with E-state index in [-0.39, 0.29) is 21.5 Å². The number of hydrogen-bond acceptors (Lipinski definition) is 4. The lowest BCUT2D eigenvalue weighted by Gasteiger charge is -2.11. The lowest BCUT2D eigenvalue weighted by Crippen LogP contribution is -2.15. The number of nitrogens with one attached hydrogen (secondary N) is 1. The molecule has 0 bridgehead atoms. The van der Waals surface area contributed by atoms with Gasteiger partial charge in [-0.25, -0.2) is 22.0 Å². The molecule has 0 radical (unpaired) electrons. The zero-order valence-electron chi connectivity index (χ0n) is 12.3. The van der Waals surface area contributed by atoms with Gasteiger partial charge in [-0.15, -0.1) is 0 Å². The maximum Gasteiger partial charge on any atom is 0.338 e. The van der Waals surface area contributed by atoms with Crippen LogP contribution >= 0.6 is 15.9 Å². The van der Waals surface area contributed by atoms with Gasteiger partial charge in [0.05, 0.1) is 22.8 Å². The average Bonchev–Trinajstić information content (AvgIpc) is 2.51.